The predicted octanol–water partition coefficient (Wildman–Crippen LogP) is 5.69. The van der Waals surface area contributed by atoms with E-state index in [1.54, 1.807) is 25.4 Å². The number of halogens is 3. The summed E-state index contributed by atoms with van der Waals surface area (Å²) >= 11 is 0. The minimum atomic E-state index is -4.71. The number of pyridine rings is 1. The maximum atomic E-state index is 14.2. The fraction of sp³-hybridized carbons (Fsp3) is 0.452. The van der Waals surface area contributed by atoms with Crippen molar-refractivity contribution in [1.82, 2.24) is 29.5 Å². The van der Waals surface area contributed by atoms with Crippen LogP contribution in [0.25, 0.3) is 16.8 Å². The molecule has 2 saturated carbocycles. The molecule has 3 aromatic heterocycles. The van der Waals surface area contributed by atoms with Crippen LogP contribution in [0.15, 0.2) is 47.8 Å². The van der Waals surface area contributed by atoms with Crippen molar-refractivity contribution in [2.24, 2.45) is 13.0 Å². The van der Waals surface area contributed by atoms with Gasteiger partial charge >= 0.3 is 6.18 Å². The summed E-state index contributed by atoms with van der Waals surface area (Å²) < 4.78 is 45.6. The maximum absolute atomic E-state index is 14.2. The fourth-order valence-electron chi connectivity index (χ4n) is 6.82. The van der Waals surface area contributed by atoms with Crippen LogP contribution in [0.2, 0.25) is 0 Å². The quantitative estimate of drug-likeness (QED) is 0.317. The van der Waals surface area contributed by atoms with Crippen molar-refractivity contribution in [2.75, 3.05) is 0 Å². The Morgan fingerprint density at radius 1 is 1.19 bits per heavy atom. The Balaban J connectivity index is 1.51. The van der Waals surface area contributed by atoms with Crippen LogP contribution in [0.5, 0.6) is 0 Å². The first kappa shape index (κ1) is 28.1. The van der Waals surface area contributed by atoms with Gasteiger partial charge in [0.2, 0.25) is 0 Å². The molecule has 3 heterocycles. The third kappa shape index (κ3) is 4.58. The molecular formula is C31H32F3N7O. The Morgan fingerprint density at radius 3 is 2.50 bits per heavy atom. The summed E-state index contributed by atoms with van der Waals surface area (Å²) in [5, 5.41) is 21.8. The molecule has 8 nitrogen and oxygen atoms in total. The lowest BCUT2D eigenvalue weighted by Gasteiger charge is -2.46. The largest absolute Gasteiger partial charge is 0.419 e. The summed E-state index contributed by atoms with van der Waals surface area (Å²) in [5.74, 6) is 1.18. The molecule has 1 N–H and O–H groups in total. The number of nitrogens with zero attached hydrogens (tertiary/aromatic N) is 6. The van der Waals surface area contributed by atoms with Crippen LogP contribution in [-0.4, -0.2) is 29.7 Å². The summed E-state index contributed by atoms with van der Waals surface area (Å²) in [7, 11) is 1.87. The Labute approximate surface area is 241 Å². The summed E-state index contributed by atoms with van der Waals surface area (Å²) in [6, 6.07) is 8.06. The van der Waals surface area contributed by atoms with Gasteiger partial charge in [0, 0.05) is 31.0 Å². The minimum Gasteiger partial charge on any atom is -0.320 e. The third-order valence-corrected chi connectivity index (χ3v) is 9.11. The molecule has 2 aliphatic carbocycles. The van der Waals surface area contributed by atoms with Crippen LogP contribution in [0.3, 0.4) is 0 Å². The number of rotatable bonds is 6. The van der Waals surface area contributed by atoms with Crippen molar-refractivity contribution in [2.45, 2.75) is 76.0 Å². The number of benzene rings is 1. The van der Waals surface area contributed by atoms with Crippen LogP contribution in [0.1, 0.15) is 87.0 Å². The van der Waals surface area contributed by atoms with Gasteiger partial charge < -0.3 is 9.88 Å². The van der Waals surface area contributed by atoms with Crippen LogP contribution in [-0.2, 0) is 18.6 Å². The summed E-state index contributed by atoms with van der Waals surface area (Å²) in [4.78, 5) is 18.1. The molecule has 0 aliphatic heterocycles. The average molecular weight is 576 g/mol. The molecule has 2 fully saturated rings. The van der Waals surface area contributed by atoms with E-state index in [1.165, 1.54) is 12.4 Å². The molecule has 0 radical (unpaired) electrons. The van der Waals surface area contributed by atoms with Gasteiger partial charge in [-0.15, -0.1) is 10.2 Å². The SMILES string of the molecule is CC1CC(c2cc(C#N)cc(-c3cnc4c(C(F)(F)F)cc(C(C)NC5(C)CCC5)cn4c3=O)c2)(c2nncn2C)C1. The zero-order valence-corrected chi connectivity index (χ0v) is 24.0. The summed E-state index contributed by atoms with van der Waals surface area (Å²) in [5.41, 5.74) is -0.672. The second kappa shape index (κ2) is 9.76. The maximum Gasteiger partial charge on any atom is 0.419 e. The molecule has 0 spiro atoms. The van der Waals surface area contributed by atoms with Crippen molar-refractivity contribution >= 4 is 5.65 Å². The van der Waals surface area contributed by atoms with Crippen molar-refractivity contribution in [3.63, 3.8) is 0 Å². The molecule has 11 heteroatoms. The molecule has 1 atom stereocenters. The van der Waals surface area contributed by atoms with E-state index in [4.69, 9.17) is 0 Å². The molecule has 0 bridgehead atoms. The second-order valence-corrected chi connectivity index (χ2v) is 12.4. The number of aromatic nitrogens is 5. The van der Waals surface area contributed by atoms with Gasteiger partial charge in [0.1, 0.15) is 12.2 Å². The molecular weight excluding hydrogens is 543 g/mol. The van der Waals surface area contributed by atoms with E-state index < -0.39 is 34.4 Å². The smallest absolute Gasteiger partial charge is 0.320 e. The predicted molar refractivity (Wildman–Crippen MR) is 151 cm³/mol. The van der Waals surface area contributed by atoms with Crippen LogP contribution in [0, 0.1) is 17.2 Å². The zero-order chi connectivity index (χ0) is 30.0. The highest BCUT2D eigenvalue weighted by atomic mass is 19.4. The number of nitriles is 1. The van der Waals surface area contributed by atoms with Gasteiger partial charge in [0.05, 0.1) is 28.2 Å². The van der Waals surface area contributed by atoms with Crippen molar-refractivity contribution in [3.8, 4) is 17.2 Å². The van der Waals surface area contributed by atoms with Crippen LogP contribution >= 0.6 is 0 Å². The number of alkyl halides is 3. The summed E-state index contributed by atoms with van der Waals surface area (Å²) in [6.45, 7) is 6.00. The first-order chi connectivity index (χ1) is 19.8. The van der Waals surface area contributed by atoms with Gasteiger partial charge in [-0.25, -0.2) is 4.98 Å². The lowest BCUT2D eigenvalue weighted by molar-refractivity contribution is -0.136. The monoisotopic (exact) mass is 575 g/mol. The first-order valence-corrected chi connectivity index (χ1v) is 14.1. The molecule has 4 aromatic rings. The number of fused-ring (bicyclic) bond motifs is 1. The zero-order valence-electron chi connectivity index (χ0n) is 24.0. The highest BCUT2D eigenvalue weighted by Crippen LogP contribution is 2.52. The lowest BCUT2D eigenvalue weighted by Crippen LogP contribution is -2.49. The molecule has 0 saturated heterocycles. The Morgan fingerprint density at radius 2 is 1.93 bits per heavy atom. The van der Waals surface area contributed by atoms with Gasteiger partial charge in [0.25, 0.3) is 5.56 Å². The van der Waals surface area contributed by atoms with Gasteiger partial charge in [0.15, 0.2) is 5.65 Å². The van der Waals surface area contributed by atoms with Crippen molar-refractivity contribution < 1.29 is 13.2 Å². The van der Waals surface area contributed by atoms with Crippen molar-refractivity contribution in [1.29, 1.82) is 5.26 Å². The molecule has 2 aliphatic rings. The fourth-order valence-corrected chi connectivity index (χ4v) is 6.82. The number of hydrogen-bond acceptors (Lipinski definition) is 6. The van der Waals surface area contributed by atoms with E-state index in [0.717, 1.165) is 54.0 Å². The number of hydrogen-bond donors (Lipinski definition) is 1. The number of aryl methyl sites for hydroxylation is 1. The van der Waals surface area contributed by atoms with Gasteiger partial charge in [-0.05, 0) is 92.8 Å². The van der Waals surface area contributed by atoms with E-state index in [2.05, 4.69) is 40.4 Å². The Bertz CT molecular complexity index is 1790. The molecule has 6 rings (SSSR count). The van der Waals surface area contributed by atoms with Gasteiger partial charge in [-0.3, -0.25) is 9.20 Å². The highest BCUT2D eigenvalue weighted by molar-refractivity contribution is 5.68. The molecule has 42 heavy (non-hydrogen) atoms. The van der Waals surface area contributed by atoms with Crippen LogP contribution < -0.4 is 10.9 Å². The second-order valence-electron chi connectivity index (χ2n) is 12.4. The van der Waals surface area contributed by atoms with Gasteiger partial charge in [-0.2, -0.15) is 18.4 Å². The normalized spacial score (nSPS) is 22.3. The Kier molecular flexibility index (Phi) is 6.53. The minimum absolute atomic E-state index is 0.114. The van der Waals surface area contributed by atoms with E-state index in [9.17, 15) is 23.2 Å². The topological polar surface area (TPSA) is 101 Å². The lowest BCUT2D eigenvalue weighted by atomic mass is 9.58. The summed E-state index contributed by atoms with van der Waals surface area (Å²) in [6.07, 6.45) is 4.06. The van der Waals surface area contributed by atoms with Crippen LogP contribution in [0.4, 0.5) is 13.2 Å². The number of nitrogens with one attached hydrogen (secondary N) is 1. The van der Waals surface area contributed by atoms with E-state index >= 15 is 0 Å². The first-order valence-electron chi connectivity index (χ1n) is 14.1. The molecule has 1 unspecified atom stereocenters. The standard InChI is InChI=1S/C31H32F3N7O/c1-18-12-30(13-18,28-39-37-17-40(28)4)23-9-20(14-35)8-21(10-23)24-15-36-26-25(31(32,33)34)11-22(16-41(26)27(24)42)19(2)38-29(3)6-5-7-29/h8-11,15-19,38H,5-7,12-13H2,1-4H3. The van der Waals surface area contributed by atoms with E-state index in [-0.39, 0.29) is 11.1 Å². The molecule has 1 aromatic carbocycles. The molecule has 218 valence electrons. The highest BCUT2D eigenvalue weighted by Gasteiger charge is 2.48. The van der Waals surface area contributed by atoms with E-state index in [0.29, 0.717) is 22.6 Å². The van der Waals surface area contributed by atoms with E-state index in [1.807, 2.05) is 17.7 Å². The average Bonchev–Trinajstić information content (AvgIpc) is 3.34. The van der Waals surface area contributed by atoms with Gasteiger partial charge in [-0.1, -0.05) is 6.92 Å². The molecule has 0 amide bonds. The Hall–Kier alpha value is -4.04. The van der Waals surface area contributed by atoms with Crippen molar-refractivity contribution in [3.05, 3.63) is 81.4 Å². The third-order valence-electron chi connectivity index (χ3n) is 9.11.